The number of fused-ring (bicyclic) bond motifs is 1. The Kier molecular flexibility index (Phi) is 6.14. The highest BCUT2D eigenvalue weighted by Crippen LogP contribution is 2.41. The average molecular weight is 497 g/mol. The molecule has 8 nitrogen and oxygen atoms in total. The summed E-state index contributed by atoms with van der Waals surface area (Å²) in [6.07, 6.45) is 7.99. The van der Waals surface area contributed by atoms with Gasteiger partial charge in [0.25, 0.3) is 0 Å². The minimum atomic E-state index is -0.217. The third-order valence-corrected chi connectivity index (χ3v) is 7.38. The van der Waals surface area contributed by atoms with Crippen molar-refractivity contribution >= 4 is 34.0 Å². The van der Waals surface area contributed by atoms with Gasteiger partial charge in [-0.15, -0.1) is 0 Å². The van der Waals surface area contributed by atoms with Crippen LogP contribution in [0.25, 0.3) is 10.9 Å². The Morgan fingerprint density at radius 1 is 0.919 bits per heavy atom. The number of methoxy groups -OCH3 is 1. The number of pyridine rings is 1. The lowest BCUT2D eigenvalue weighted by molar-refractivity contribution is -0.204. The van der Waals surface area contributed by atoms with Crippen molar-refractivity contribution in [1.29, 1.82) is 0 Å². The molecule has 0 spiro atoms. The van der Waals surface area contributed by atoms with Crippen LogP contribution in [0.15, 0.2) is 67.0 Å². The first-order valence-electron chi connectivity index (χ1n) is 12.8. The minimum Gasteiger partial charge on any atom is -0.490 e. The molecule has 6 rings (SSSR count). The molecular weight excluding hydrogens is 464 g/mol. The molecule has 0 saturated heterocycles. The summed E-state index contributed by atoms with van der Waals surface area (Å²) < 4.78 is 11.8. The van der Waals surface area contributed by atoms with E-state index in [-0.39, 0.29) is 11.8 Å². The molecular formula is C29H32N6O2. The van der Waals surface area contributed by atoms with Crippen LogP contribution in [0.5, 0.6) is 5.75 Å². The van der Waals surface area contributed by atoms with Crippen molar-refractivity contribution in [2.45, 2.75) is 43.4 Å². The van der Waals surface area contributed by atoms with E-state index in [0.29, 0.717) is 17.7 Å². The van der Waals surface area contributed by atoms with Gasteiger partial charge in [-0.2, -0.15) is 4.98 Å². The quantitative estimate of drug-likeness (QED) is 0.280. The Balaban J connectivity index is 1.08. The number of hydrogen-bond acceptors (Lipinski definition) is 8. The van der Waals surface area contributed by atoms with Gasteiger partial charge in [-0.25, -0.2) is 4.98 Å². The van der Waals surface area contributed by atoms with Gasteiger partial charge >= 0.3 is 0 Å². The van der Waals surface area contributed by atoms with Crippen LogP contribution in [0.1, 0.15) is 37.2 Å². The Labute approximate surface area is 217 Å². The highest BCUT2D eigenvalue weighted by atomic mass is 16.5. The molecule has 2 aliphatic carbocycles. The van der Waals surface area contributed by atoms with Crippen molar-refractivity contribution in [1.82, 2.24) is 19.9 Å². The molecule has 0 amide bonds. The molecule has 4 aromatic rings. The largest absolute Gasteiger partial charge is 0.490 e. The van der Waals surface area contributed by atoms with E-state index in [1.54, 1.807) is 13.3 Å². The van der Waals surface area contributed by atoms with Crippen molar-refractivity contribution in [2.75, 3.05) is 31.8 Å². The Morgan fingerprint density at radius 2 is 1.73 bits per heavy atom. The second-order valence-electron chi connectivity index (χ2n) is 10.2. The van der Waals surface area contributed by atoms with E-state index >= 15 is 0 Å². The van der Waals surface area contributed by atoms with Crippen LogP contribution in [-0.2, 0) is 4.74 Å². The number of rotatable bonds is 9. The zero-order chi connectivity index (χ0) is 25.4. The Morgan fingerprint density at radius 3 is 2.46 bits per heavy atom. The van der Waals surface area contributed by atoms with Crippen LogP contribution in [0, 0.1) is 0 Å². The number of anilines is 4. The number of aromatic nitrogens is 3. The summed E-state index contributed by atoms with van der Waals surface area (Å²) in [4.78, 5) is 15.7. The second-order valence-corrected chi connectivity index (χ2v) is 10.2. The lowest BCUT2D eigenvalue weighted by atomic mass is 9.83. The zero-order valence-corrected chi connectivity index (χ0v) is 21.4. The predicted molar refractivity (Wildman–Crippen MR) is 146 cm³/mol. The predicted octanol–water partition coefficient (Wildman–Crippen LogP) is 5.83. The van der Waals surface area contributed by atoms with Gasteiger partial charge in [0.2, 0.25) is 5.95 Å². The fraction of sp³-hybridized carbons (Fsp3) is 0.345. The van der Waals surface area contributed by atoms with Gasteiger partial charge in [-0.1, -0.05) is 6.07 Å². The Bertz CT molecular complexity index is 1400. The standard InChI is InChI=1S/C29H32N6O2/c1-35(2)29(36-3)16-25(17-29)37-24-9-7-22(8-10-24)33-28-30-13-12-27(34-28)32-23-15-21-14-20(19-4-5-19)6-11-26(21)31-18-23/h6-15,18-19,25H,4-5,16-17H2,1-3H3,(H2,30,32,33,34). The van der Waals surface area contributed by atoms with Crippen LogP contribution >= 0.6 is 0 Å². The Hall–Kier alpha value is -3.75. The first-order chi connectivity index (χ1) is 18.0. The van der Waals surface area contributed by atoms with Crippen molar-refractivity contribution in [2.24, 2.45) is 0 Å². The summed E-state index contributed by atoms with van der Waals surface area (Å²) in [5.41, 5.74) is 3.97. The van der Waals surface area contributed by atoms with E-state index in [4.69, 9.17) is 9.47 Å². The second kappa shape index (κ2) is 9.61. The molecule has 2 heterocycles. The van der Waals surface area contributed by atoms with Crippen molar-refractivity contribution < 1.29 is 9.47 Å². The summed E-state index contributed by atoms with van der Waals surface area (Å²) in [6, 6.07) is 18.4. The van der Waals surface area contributed by atoms with E-state index in [9.17, 15) is 0 Å². The van der Waals surface area contributed by atoms with Crippen molar-refractivity contribution in [3.63, 3.8) is 0 Å². The molecule has 2 aromatic heterocycles. The smallest absolute Gasteiger partial charge is 0.229 e. The third kappa shape index (κ3) is 5.08. The number of nitrogens with one attached hydrogen (secondary N) is 2. The molecule has 0 bridgehead atoms. The monoisotopic (exact) mass is 496 g/mol. The van der Waals surface area contributed by atoms with Crippen LogP contribution in [-0.4, -0.2) is 52.9 Å². The zero-order valence-electron chi connectivity index (χ0n) is 21.4. The van der Waals surface area contributed by atoms with Gasteiger partial charge in [0, 0.05) is 37.2 Å². The fourth-order valence-corrected chi connectivity index (χ4v) is 4.91. The summed E-state index contributed by atoms with van der Waals surface area (Å²) in [7, 11) is 5.83. The van der Waals surface area contributed by atoms with Crippen LogP contribution in [0.3, 0.4) is 0 Å². The summed E-state index contributed by atoms with van der Waals surface area (Å²) in [5.74, 6) is 2.76. The molecule has 37 heavy (non-hydrogen) atoms. The summed E-state index contributed by atoms with van der Waals surface area (Å²) >= 11 is 0. The lowest BCUT2D eigenvalue weighted by Gasteiger charge is -2.50. The normalized spacial score (nSPS) is 21.0. The first-order valence-corrected chi connectivity index (χ1v) is 12.8. The molecule has 0 aliphatic heterocycles. The molecule has 0 atom stereocenters. The molecule has 2 saturated carbocycles. The topological polar surface area (TPSA) is 84.4 Å². The van der Waals surface area contributed by atoms with Gasteiger partial charge in [0.15, 0.2) is 0 Å². The van der Waals surface area contributed by atoms with Gasteiger partial charge in [-0.05, 0) is 86.9 Å². The minimum absolute atomic E-state index is 0.150. The third-order valence-electron chi connectivity index (χ3n) is 7.38. The number of hydrogen-bond donors (Lipinski definition) is 2. The van der Waals surface area contributed by atoms with E-state index in [2.05, 4.69) is 54.8 Å². The maximum absolute atomic E-state index is 6.12. The molecule has 2 aromatic carbocycles. The summed E-state index contributed by atoms with van der Waals surface area (Å²) in [5, 5.41) is 7.77. The lowest BCUT2D eigenvalue weighted by Crippen LogP contribution is -2.59. The molecule has 2 fully saturated rings. The van der Waals surface area contributed by atoms with Crippen molar-refractivity contribution in [3.05, 3.63) is 72.6 Å². The maximum Gasteiger partial charge on any atom is 0.229 e. The SMILES string of the molecule is COC1(N(C)C)CC(Oc2ccc(Nc3nccc(Nc4cnc5ccc(C6CC6)cc5c4)n3)cc2)C1. The first kappa shape index (κ1) is 23.6. The number of nitrogens with zero attached hydrogens (tertiary/aromatic N) is 4. The van der Waals surface area contributed by atoms with Crippen molar-refractivity contribution in [3.8, 4) is 5.75 Å². The molecule has 0 unspecified atom stereocenters. The van der Waals surface area contributed by atoms with Gasteiger partial charge in [0.05, 0.1) is 17.4 Å². The number of benzene rings is 2. The molecule has 0 radical (unpaired) electrons. The molecule has 2 aliphatic rings. The highest BCUT2D eigenvalue weighted by Gasteiger charge is 2.48. The maximum atomic E-state index is 6.12. The highest BCUT2D eigenvalue weighted by molar-refractivity contribution is 5.83. The average Bonchev–Trinajstić information content (AvgIpc) is 3.72. The van der Waals surface area contributed by atoms with Gasteiger partial charge in [-0.3, -0.25) is 9.88 Å². The molecule has 8 heteroatoms. The molecule has 190 valence electrons. The van der Waals surface area contributed by atoms with Crippen LogP contribution in [0.2, 0.25) is 0 Å². The van der Waals surface area contributed by atoms with E-state index in [1.165, 1.54) is 18.4 Å². The van der Waals surface area contributed by atoms with E-state index in [1.807, 2.05) is 50.6 Å². The van der Waals surface area contributed by atoms with Gasteiger partial charge < -0.3 is 20.1 Å². The number of ether oxygens (including phenoxy) is 2. The van der Waals surface area contributed by atoms with Crippen LogP contribution < -0.4 is 15.4 Å². The summed E-state index contributed by atoms with van der Waals surface area (Å²) in [6.45, 7) is 0. The van der Waals surface area contributed by atoms with E-state index in [0.717, 1.165) is 40.9 Å². The molecule has 2 N–H and O–H groups in total. The van der Waals surface area contributed by atoms with Crippen LogP contribution in [0.4, 0.5) is 23.1 Å². The van der Waals surface area contributed by atoms with Gasteiger partial charge in [0.1, 0.15) is 23.4 Å². The van der Waals surface area contributed by atoms with E-state index < -0.39 is 0 Å². The fourth-order valence-electron chi connectivity index (χ4n) is 4.91.